The van der Waals surface area contributed by atoms with E-state index >= 15 is 0 Å². The quantitative estimate of drug-likeness (QED) is 0.0413. The van der Waals surface area contributed by atoms with Gasteiger partial charge in [-0.15, -0.1) is 63.7 Å². The second-order valence-electron chi connectivity index (χ2n) is 13.7. The molecule has 0 bridgehead atoms. The molecule has 0 radical (unpaired) electrons. The number of thiazole rings is 2. The molecule has 4 atom stereocenters. The van der Waals surface area contributed by atoms with Crippen molar-refractivity contribution in [3.05, 3.63) is 51.0 Å². The summed E-state index contributed by atoms with van der Waals surface area (Å²) in [6, 6.07) is -0.924. The molecular formula is C34H37ClN16O10S6. The van der Waals surface area contributed by atoms with Crippen LogP contribution >= 0.6 is 82.1 Å². The van der Waals surface area contributed by atoms with Crippen LogP contribution in [0.25, 0.3) is 0 Å². The number of β-lactam (4-membered cyclic amide) rings is 2. The Hall–Kier alpha value is -5.80. The molecule has 2 fully saturated rings. The fourth-order valence-corrected chi connectivity index (χ4v) is 12.6. The van der Waals surface area contributed by atoms with Crippen molar-refractivity contribution in [3.8, 4) is 0 Å². The van der Waals surface area contributed by atoms with Gasteiger partial charge in [-0.25, -0.2) is 33.9 Å². The third-order valence-corrected chi connectivity index (χ3v) is 16.0. The summed E-state index contributed by atoms with van der Waals surface area (Å²) in [4.78, 5) is 99.6. The number of carbonyl (C=O) groups excluding carboxylic acids is 4. The monoisotopic (exact) mass is 1060 g/mol. The first-order valence-corrected chi connectivity index (χ1v) is 24.6. The molecule has 4 aromatic heterocycles. The van der Waals surface area contributed by atoms with Crippen molar-refractivity contribution >= 4 is 139 Å². The average molecular weight is 1060 g/mol. The van der Waals surface area contributed by atoms with Gasteiger partial charge in [0.15, 0.2) is 32.6 Å². The van der Waals surface area contributed by atoms with Crippen molar-refractivity contribution < 1.29 is 48.7 Å². The number of ketones is 1. The second kappa shape index (κ2) is 21.9. The molecule has 67 heavy (non-hydrogen) atoms. The van der Waals surface area contributed by atoms with E-state index in [2.05, 4.69) is 51.2 Å². The fourth-order valence-electron chi connectivity index (χ4n) is 6.71. The van der Waals surface area contributed by atoms with E-state index in [0.717, 1.165) is 22.7 Å². The Morgan fingerprint density at radius 2 is 1.39 bits per heavy atom. The Balaban J connectivity index is 0.000000218. The lowest BCUT2D eigenvalue weighted by molar-refractivity contribution is -0.153. The molecule has 8 rings (SSSR count). The number of hydrogen-bond acceptors (Lipinski definition) is 25. The van der Waals surface area contributed by atoms with Gasteiger partial charge in [-0.05, 0) is 21.6 Å². The number of aromatic nitrogens is 9. The number of fused-ring (bicyclic) bond motifs is 2. The molecular weight excluding hydrogens is 1020 g/mol. The lowest BCUT2D eigenvalue weighted by Gasteiger charge is -2.49. The topological polar surface area (TPSA) is 357 Å². The van der Waals surface area contributed by atoms with Gasteiger partial charge in [-0.1, -0.05) is 33.8 Å². The summed E-state index contributed by atoms with van der Waals surface area (Å²) in [5.41, 5.74) is 12.7. The SMILES string of the molecule is CO/N=C(\C(=O)C[C@@H]1C(=O)N2C(C(=O)O)=C(CSc3ncnn3C)CS[C@H]12)c1csc(N)n1.CO/N=C(\C(=O)N[C@@H]1C(=O)N2C(C(=O)O)=C(CSc3nnnn3C)CS[C@H]12)c1csc(N)n1.Cl. The molecule has 4 aliphatic heterocycles. The third kappa shape index (κ3) is 10.7. The number of nitrogens with two attached hydrogens (primary N) is 2. The first-order valence-electron chi connectivity index (χ1n) is 18.7. The number of hydrogen-bond donors (Lipinski definition) is 5. The number of nitrogens with zero attached hydrogens (tertiary/aromatic N) is 13. The van der Waals surface area contributed by atoms with Crippen LogP contribution in [0.5, 0.6) is 0 Å². The largest absolute Gasteiger partial charge is 0.477 e. The highest BCUT2D eigenvalue weighted by Gasteiger charge is 2.55. The minimum Gasteiger partial charge on any atom is -0.477 e. The summed E-state index contributed by atoms with van der Waals surface area (Å²) >= 11 is 7.69. The highest BCUT2D eigenvalue weighted by Crippen LogP contribution is 2.46. The number of carboxylic acids is 2. The number of oxime groups is 2. The van der Waals surface area contributed by atoms with Crippen LogP contribution in [0.15, 0.2) is 60.3 Å². The van der Waals surface area contributed by atoms with E-state index in [4.69, 9.17) is 21.1 Å². The third-order valence-electron chi connectivity index (χ3n) is 9.68. The van der Waals surface area contributed by atoms with Gasteiger partial charge in [0, 0.05) is 54.3 Å². The van der Waals surface area contributed by atoms with Gasteiger partial charge in [0.25, 0.3) is 11.8 Å². The van der Waals surface area contributed by atoms with Crippen LogP contribution in [0.1, 0.15) is 17.8 Å². The minimum absolute atomic E-state index is 0. The number of rotatable bonds is 17. The van der Waals surface area contributed by atoms with Gasteiger partial charge >= 0.3 is 11.9 Å². The number of thioether (sulfide) groups is 4. The zero-order chi connectivity index (χ0) is 47.4. The number of nitrogens with one attached hydrogen (secondary N) is 1. The van der Waals surface area contributed by atoms with Gasteiger partial charge in [0.2, 0.25) is 11.1 Å². The molecule has 26 nitrogen and oxygen atoms in total. The van der Waals surface area contributed by atoms with E-state index in [9.17, 15) is 39.0 Å². The van der Waals surface area contributed by atoms with Crippen molar-refractivity contribution in [2.24, 2.45) is 30.3 Å². The number of amides is 3. The number of nitrogen functional groups attached to an aromatic ring is 2. The molecule has 3 amide bonds. The van der Waals surface area contributed by atoms with E-state index in [0.29, 0.717) is 44.5 Å². The van der Waals surface area contributed by atoms with Gasteiger partial charge in [-0.2, -0.15) is 5.10 Å². The van der Waals surface area contributed by atoms with Crippen LogP contribution in [-0.2, 0) is 52.5 Å². The zero-order valence-corrected chi connectivity index (χ0v) is 40.8. The maximum absolute atomic E-state index is 12.9. The molecule has 0 aliphatic carbocycles. The number of Topliss-reactive ketones (excluding diaryl/α,β-unsaturated/α-hetero) is 1. The van der Waals surface area contributed by atoms with Crippen molar-refractivity contribution in [2.75, 3.05) is 48.7 Å². The number of tetrazole rings is 1. The van der Waals surface area contributed by atoms with Crippen LogP contribution in [0.3, 0.4) is 0 Å². The lowest BCUT2D eigenvalue weighted by atomic mass is 9.89. The fraction of sp³-hybridized carbons (Fsp3) is 0.382. The molecule has 0 unspecified atom stereocenters. The van der Waals surface area contributed by atoms with Gasteiger partial charge < -0.3 is 36.7 Å². The summed E-state index contributed by atoms with van der Waals surface area (Å²) in [5.74, 6) is -3.66. The number of aliphatic carboxylic acids is 2. The van der Waals surface area contributed by atoms with Gasteiger partial charge in [-0.3, -0.25) is 29.0 Å². The molecule has 0 aromatic carbocycles. The molecule has 4 aliphatic rings. The first kappa shape index (κ1) is 50.6. The Kier molecular flexibility index (Phi) is 16.5. The molecule has 4 aromatic rings. The molecule has 7 N–H and O–H groups in total. The van der Waals surface area contributed by atoms with Crippen LogP contribution in [-0.4, -0.2) is 166 Å². The number of anilines is 2. The Morgan fingerprint density at radius 1 is 0.836 bits per heavy atom. The van der Waals surface area contributed by atoms with Crippen molar-refractivity contribution in [3.63, 3.8) is 0 Å². The highest BCUT2D eigenvalue weighted by molar-refractivity contribution is 8.01. The average Bonchev–Trinajstić information content (AvgIpc) is 4.12. The number of carbonyl (C=O) groups is 6. The Morgan fingerprint density at radius 3 is 1.90 bits per heavy atom. The highest BCUT2D eigenvalue weighted by atomic mass is 35.5. The zero-order valence-electron chi connectivity index (χ0n) is 35.1. The summed E-state index contributed by atoms with van der Waals surface area (Å²) in [6.07, 6.45) is 1.28. The van der Waals surface area contributed by atoms with Crippen molar-refractivity contribution in [1.29, 1.82) is 0 Å². The smallest absolute Gasteiger partial charge is 0.352 e. The van der Waals surface area contributed by atoms with E-state index in [1.807, 2.05) is 0 Å². The van der Waals surface area contributed by atoms with Gasteiger partial charge in [0.05, 0.1) is 11.3 Å². The van der Waals surface area contributed by atoms with Crippen LogP contribution in [0.4, 0.5) is 10.3 Å². The molecule has 33 heteroatoms. The molecule has 2 saturated heterocycles. The molecule has 0 spiro atoms. The van der Waals surface area contributed by atoms with E-state index < -0.39 is 58.2 Å². The summed E-state index contributed by atoms with van der Waals surface area (Å²) in [6.45, 7) is 0. The summed E-state index contributed by atoms with van der Waals surface area (Å²) in [7, 11) is 6.00. The van der Waals surface area contributed by atoms with Crippen molar-refractivity contribution in [2.45, 2.75) is 33.5 Å². The number of carboxylic acid groups (broad SMARTS) is 2. The predicted molar refractivity (Wildman–Crippen MR) is 249 cm³/mol. The lowest BCUT2D eigenvalue weighted by Crippen LogP contribution is -2.71. The number of halogens is 1. The van der Waals surface area contributed by atoms with Crippen molar-refractivity contribution in [1.82, 2.24) is 60.1 Å². The maximum atomic E-state index is 12.9. The second-order valence-corrected chi connectivity index (χ2v) is 19.6. The molecule has 356 valence electrons. The molecule has 0 saturated carbocycles. The Bertz CT molecular complexity index is 2540. The minimum atomic E-state index is -1.22. The van der Waals surface area contributed by atoms with Crippen LogP contribution < -0.4 is 16.8 Å². The van der Waals surface area contributed by atoms with Crippen LogP contribution in [0.2, 0.25) is 0 Å². The molecule has 8 heterocycles. The Labute approximate surface area is 409 Å². The van der Waals surface area contributed by atoms with Crippen LogP contribution in [0, 0.1) is 5.92 Å². The predicted octanol–water partition coefficient (Wildman–Crippen LogP) is 0.378. The normalized spacial score (nSPS) is 20.1. The standard InChI is InChI=1S/C18H19N7O5S3.C16H17N9O5S3.ClH/c1-24-18(20-7-21-24)33-5-8-4-31-15-9(14(27)25(15)13(8)16(28)29)3-11(26)12(23-30-2)10-6-32-17(19)22-10;1-24-16(20-22-23-24)33-4-6-3-31-13-9(12(27)25(13)10(6)14(28)29)19-11(26)8(21-30-2)7-5-32-15(17)18-7;/h6-7,9,15H,3-5H2,1-2H3,(H2,19,22)(H,28,29);5,9,13H,3-4H2,1-2H3,(H2,17,18)(H,19,26)(H,28,29);1H/b23-12-;21-8-;/t9-,15-;9-,13-;/m11./s1. The van der Waals surface area contributed by atoms with Gasteiger partial charge in [0.1, 0.15) is 54.7 Å². The van der Waals surface area contributed by atoms with E-state index in [1.165, 1.54) is 82.1 Å². The van der Waals surface area contributed by atoms with E-state index in [-0.39, 0.29) is 63.3 Å². The summed E-state index contributed by atoms with van der Waals surface area (Å²) in [5, 5.41) is 48.6. The first-order chi connectivity index (χ1) is 31.6. The number of aryl methyl sites for hydroxylation is 2. The maximum Gasteiger partial charge on any atom is 0.352 e. The summed E-state index contributed by atoms with van der Waals surface area (Å²) < 4.78 is 3.07. The van der Waals surface area contributed by atoms with E-state index in [1.54, 1.807) is 29.5 Å².